The molecule has 1 unspecified atom stereocenters. The Kier molecular flexibility index (Phi) is 11.3. The van der Waals surface area contributed by atoms with Gasteiger partial charge in [-0.25, -0.2) is 0 Å². The van der Waals surface area contributed by atoms with Crippen LogP contribution in [0.5, 0.6) is 11.5 Å². The minimum absolute atomic E-state index is 0.0808. The minimum atomic E-state index is -4.46. The number of hydrogen-bond donors (Lipinski definition) is 4. The summed E-state index contributed by atoms with van der Waals surface area (Å²) in [6.45, 7) is 2.92. The Balaban J connectivity index is 1.33. The summed E-state index contributed by atoms with van der Waals surface area (Å²) in [6, 6.07) is 20.0. The number of carbonyl (C=O) groups excluding carboxylic acids is 2. The number of ether oxygens (including phenoxy) is 1. The van der Waals surface area contributed by atoms with E-state index in [1.54, 1.807) is 4.90 Å². The molecule has 2 aliphatic heterocycles. The van der Waals surface area contributed by atoms with Gasteiger partial charge < -0.3 is 31.3 Å². The number of piperidine rings is 1. The molecule has 0 spiro atoms. The summed E-state index contributed by atoms with van der Waals surface area (Å²) in [6.07, 6.45) is -0.598. The third-order valence-electron chi connectivity index (χ3n) is 8.80. The zero-order chi connectivity index (χ0) is 32.5. The number of halogens is 3. The average Bonchev–Trinajstić information content (AvgIpc) is 3.06. The van der Waals surface area contributed by atoms with Gasteiger partial charge in [-0.15, -0.1) is 0 Å². The van der Waals surface area contributed by atoms with E-state index in [2.05, 4.69) is 16.0 Å². The smallest absolute Gasteiger partial charge is 0.416 e. The second-order valence-electron chi connectivity index (χ2n) is 12.0. The van der Waals surface area contributed by atoms with E-state index in [4.69, 9.17) is 10.5 Å². The number of nitrogens with zero attached hydrogens (tertiary/aromatic N) is 1. The largest absolute Gasteiger partial charge is 0.457 e. The fraction of sp³-hybridized carbons (Fsp3) is 0.429. The SMILES string of the molecule is NCCCC(NC[C@H]1C(=O)N[C@@H](Cc2ccc(C(F)(F)F)cc2)C(=O)N1Cc1ccc(Oc2ccccc2)cc1)C1CCNCC1. The van der Waals surface area contributed by atoms with Crippen molar-refractivity contribution in [3.05, 3.63) is 95.6 Å². The van der Waals surface area contributed by atoms with E-state index in [1.165, 1.54) is 12.1 Å². The lowest BCUT2D eigenvalue weighted by atomic mass is 9.87. The van der Waals surface area contributed by atoms with Crippen LogP contribution in [0.25, 0.3) is 0 Å². The Bertz CT molecular complexity index is 1410. The van der Waals surface area contributed by atoms with E-state index in [-0.39, 0.29) is 37.4 Å². The zero-order valence-electron chi connectivity index (χ0n) is 25.8. The molecule has 2 saturated heterocycles. The second-order valence-corrected chi connectivity index (χ2v) is 12.0. The summed E-state index contributed by atoms with van der Waals surface area (Å²) < 4.78 is 45.2. The fourth-order valence-corrected chi connectivity index (χ4v) is 6.26. The maximum atomic E-state index is 14.0. The maximum Gasteiger partial charge on any atom is 0.416 e. The predicted octanol–water partition coefficient (Wildman–Crippen LogP) is 4.63. The Morgan fingerprint density at radius 1 is 0.913 bits per heavy atom. The topological polar surface area (TPSA) is 109 Å². The molecular formula is C35H42F3N5O3. The van der Waals surface area contributed by atoms with E-state index >= 15 is 0 Å². The number of nitrogens with two attached hydrogens (primary N) is 1. The van der Waals surface area contributed by atoms with Gasteiger partial charge in [0.25, 0.3) is 0 Å². The molecule has 5 rings (SSSR count). The van der Waals surface area contributed by atoms with Gasteiger partial charge in [0.05, 0.1) is 5.56 Å². The molecule has 11 heteroatoms. The highest BCUT2D eigenvalue weighted by molar-refractivity contribution is 5.97. The summed E-state index contributed by atoms with van der Waals surface area (Å²) in [7, 11) is 0. The van der Waals surface area contributed by atoms with Gasteiger partial charge >= 0.3 is 6.18 Å². The first kappa shape index (κ1) is 33.4. The highest BCUT2D eigenvalue weighted by atomic mass is 19.4. The molecule has 2 aliphatic rings. The number of carbonyl (C=O) groups is 2. The van der Waals surface area contributed by atoms with Crippen molar-refractivity contribution in [3.63, 3.8) is 0 Å². The number of piperazine rings is 1. The molecule has 0 bridgehead atoms. The van der Waals surface area contributed by atoms with Gasteiger partial charge in [-0.1, -0.05) is 42.5 Å². The normalized spacial score (nSPS) is 20.0. The van der Waals surface area contributed by atoms with Crippen LogP contribution in [0.3, 0.4) is 0 Å². The third-order valence-corrected chi connectivity index (χ3v) is 8.80. The van der Waals surface area contributed by atoms with Gasteiger partial charge in [-0.05, 0) is 98.8 Å². The molecule has 0 saturated carbocycles. The van der Waals surface area contributed by atoms with Crippen LogP contribution in [0.2, 0.25) is 0 Å². The quantitative estimate of drug-likeness (QED) is 0.218. The number of benzene rings is 3. The zero-order valence-corrected chi connectivity index (χ0v) is 25.8. The molecule has 3 aromatic carbocycles. The standard InChI is InChI=1S/C35H42F3N5O3/c36-35(37,38)27-12-8-24(9-13-27)21-31-34(45)43(23-25-10-14-29(15-11-25)46-28-5-2-1-3-6-28)32(33(44)42-31)22-41-30(7-4-18-39)26-16-19-40-20-17-26/h1-3,5-6,8-15,26,30-32,40-41H,4,7,16-23,39H2,(H,42,44)/t30?,31-,32-/m0/s1. The molecule has 2 heterocycles. The first-order valence-corrected chi connectivity index (χ1v) is 15.9. The van der Waals surface area contributed by atoms with E-state index in [9.17, 15) is 22.8 Å². The summed E-state index contributed by atoms with van der Waals surface area (Å²) in [4.78, 5) is 29.2. The molecule has 3 atom stereocenters. The number of para-hydroxylation sites is 1. The molecule has 3 aromatic rings. The maximum absolute atomic E-state index is 14.0. The van der Waals surface area contributed by atoms with Crippen LogP contribution in [0, 0.1) is 5.92 Å². The van der Waals surface area contributed by atoms with Crippen LogP contribution in [0.4, 0.5) is 13.2 Å². The molecule has 0 aromatic heterocycles. The van der Waals surface area contributed by atoms with Crippen molar-refractivity contribution in [2.45, 2.75) is 63.0 Å². The van der Waals surface area contributed by atoms with Crippen molar-refractivity contribution < 1.29 is 27.5 Å². The van der Waals surface area contributed by atoms with E-state index in [0.29, 0.717) is 29.5 Å². The van der Waals surface area contributed by atoms with E-state index in [0.717, 1.165) is 56.5 Å². The van der Waals surface area contributed by atoms with Crippen LogP contribution in [-0.4, -0.2) is 61.0 Å². The molecule has 46 heavy (non-hydrogen) atoms. The van der Waals surface area contributed by atoms with Crippen molar-refractivity contribution in [1.29, 1.82) is 0 Å². The van der Waals surface area contributed by atoms with Gasteiger partial charge in [-0.2, -0.15) is 13.2 Å². The van der Waals surface area contributed by atoms with Crippen LogP contribution in [0.15, 0.2) is 78.9 Å². The van der Waals surface area contributed by atoms with Crippen molar-refractivity contribution in [3.8, 4) is 11.5 Å². The monoisotopic (exact) mass is 637 g/mol. The number of rotatable bonds is 13. The number of nitrogens with one attached hydrogen (secondary N) is 3. The lowest BCUT2D eigenvalue weighted by Gasteiger charge is -2.40. The lowest BCUT2D eigenvalue weighted by molar-refractivity contribution is -0.150. The molecule has 2 amide bonds. The molecule has 5 N–H and O–H groups in total. The van der Waals surface area contributed by atoms with Crippen LogP contribution >= 0.6 is 0 Å². The first-order valence-electron chi connectivity index (χ1n) is 15.9. The fourth-order valence-electron chi connectivity index (χ4n) is 6.26. The summed E-state index contributed by atoms with van der Waals surface area (Å²) in [5.41, 5.74) is 6.42. The summed E-state index contributed by atoms with van der Waals surface area (Å²) >= 11 is 0. The van der Waals surface area contributed by atoms with Gasteiger partial charge in [0, 0.05) is 25.6 Å². The van der Waals surface area contributed by atoms with Gasteiger partial charge in [0.1, 0.15) is 23.6 Å². The van der Waals surface area contributed by atoms with Gasteiger partial charge in [0.15, 0.2) is 0 Å². The van der Waals surface area contributed by atoms with Crippen molar-refractivity contribution in [2.75, 3.05) is 26.2 Å². The highest BCUT2D eigenvalue weighted by Gasteiger charge is 2.41. The Morgan fingerprint density at radius 2 is 1.57 bits per heavy atom. The second kappa shape index (κ2) is 15.6. The molecule has 246 valence electrons. The Labute approximate surface area is 267 Å². The lowest BCUT2D eigenvalue weighted by Crippen LogP contribution is -2.66. The highest BCUT2D eigenvalue weighted by Crippen LogP contribution is 2.30. The van der Waals surface area contributed by atoms with Crippen molar-refractivity contribution in [1.82, 2.24) is 20.9 Å². The summed E-state index contributed by atoms with van der Waals surface area (Å²) in [5.74, 6) is 1.20. The number of hydrogen-bond acceptors (Lipinski definition) is 6. The molecular weight excluding hydrogens is 595 g/mol. The van der Waals surface area contributed by atoms with Crippen LogP contribution in [-0.2, 0) is 28.7 Å². The van der Waals surface area contributed by atoms with Crippen molar-refractivity contribution >= 4 is 11.8 Å². The Hall–Kier alpha value is -3.93. The predicted molar refractivity (Wildman–Crippen MR) is 170 cm³/mol. The minimum Gasteiger partial charge on any atom is -0.457 e. The van der Waals surface area contributed by atoms with Crippen molar-refractivity contribution in [2.24, 2.45) is 11.7 Å². The third kappa shape index (κ3) is 8.86. The average molecular weight is 638 g/mol. The number of alkyl halides is 3. The first-order chi connectivity index (χ1) is 22.2. The number of amides is 2. The molecule has 0 aliphatic carbocycles. The molecule has 8 nitrogen and oxygen atoms in total. The van der Waals surface area contributed by atoms with Crippen LogP contribution < -0.4 is 26.4 Å². The summed E-state index contributed by atoms with van der Waals surface area (Å²) in [5, 5.41) is 9.88. The molecule has 0 radical (unpaired) electrons. The molecule has 2 fully saturated rings. The Morgan fingerprint density at radius 3 is 2.22 bits per heavy atom. The van der Waals surface area contributed by atoms with E-state index < -0.39 is 23.8 Å². The van der Waals surface area contributed by atoms with E-state index in [1.807, 2.05) is 54.6 Å². The van der Waals surface area contributed by atoms with Gasteiger partial charge in [0.2, 0.25) is 11.8 Å². The van der Waals surface area contributed by atoms with Crippen LogP contribution in [0.1, 0.15) is 42.4 Å². The van der Waals surface area contributed by atoms with Gasteiger partial charge in [-0.3, -0.25) is 9.59 Å².